The number of carbonyl (C=O) groups excluding carboxylic acids is 2. The minimum Gasteiger partial charge on any atom is -0.455 e. The molecule has 0 aromatic carbocycles. The zero-order chi connectivity index (χ0) is 12.0. The van der Waals surface area contributed by atoms with Gasteiger partial charge in [-0.05, 0) is 12.1 Å². The zero-order valence-corrected chi connectivity index (χ0v) is 9.63. The summed E-state index contributed by atoms with van der Waals surface area (Å²) in [6.07, 6.45) is 0. The zero-order valence-electron chi connectivity index (χ0n) is 8.88. The first-order valence-corrected chi connectivity index (χ1v) is 5.34. The van der Waals surface area contributed by atoms with Crippen molar-refractivity contribution in [3.63, 3.8) is 0 Å². The Balaban J connectivity index is 2.32. The van der Waals surface area contributed by atoms with Crippen molar-refractivity contribution in [1.29, 1.82) is 0 Å². The van der Waals surface area contributed by atoms with Crippen molar-refractivity contribution in [3.8, 4) is 0 Å². The fraction of sp³-hybridized carbons (Fsp3) is 0.400. The molecule has 5 nitrogen and oxygen atoms in total. The van der Waals surface area contributed by atoms with Gasteiger partial charge >= 0.3 is 0 Å². The molecular weight excluding hydrogens is 232 g/mol. The van der Waals surface area contributed by atoms with Gasteiger partial charge in [0.25, 0.3) is 5.91 Å². The summed E-state index contributed by atoms with van der Waals surface area (Å²) in [5, 5.41) is 5.16. The van der Waals surface area contributed by atoms with Gasteiger partial charge in [-0.1, -0.05) is 0 Å². The lowest BCUT2D eigenvalue weighted by Crippen LogP contribution is -2.33. The molecule has 1 aromatic rings. The van der Waals surface area contributed by atoms with E-state index < -0.39 is 0 Å². The van der Waals surface area contributed by atoms with Crippen LogP contribution in [-0.4, -0.2) is 24.9 Å². The molecule has 0 saturated carbocycles. The van der Waals surface area contributed by atoms with Crippen molar-refractivity contribution in [2.45, 2.75) is 12.8 Å². The highest BCUT2D eigenvalue weighted by Crippen LogP contribution is 2.09. The molecule has 1 aromatic heterocycles. The van der Waals surface area contributed by atoms with Crippen LogP contribution in [-0.2, 0) is 10.7 Å². The van der Waals surface area contributed by atoms with Crippen molar-refractivity contribution >= 4 is 23.4 Å². The number of furan rings is 1. The highest BCUT2D eigenvalue weighted by Gasteiger charge is 2.09. The first kappa shape index (κ1) is 12.6. The highest BCUT2D eigenvalue weighted by atomic mass is 35.5. The normalized spacial score (nSPS) is 9.88. The Morgan fingerprint density at radius 2 is 2.00 bits per heavy atom. The van der Waals surface area contributed by atoms with E-state index in [9.17, 15) is 9.59 Å². The van der Waals surface area contributed by atoms with E-state index in [-0.39, 0.29) is 23.5 Å². The third-order valence-electron chi connectivity index (χ3n) is 1.80. The second-order valence-electron chi connectivity index (χ2n) is 3.14. The first-order valence-electron chi connectivity index (χ1n) is 4.81. The fourth-order valence-corrected chi connectivity index (χ4v) is 1.22. The van der Waals surface area contributed by atoms with E-state index in [2.05, 4.69) is 10.6 Å². The molecule has 2 N–H and O–H groups in total. The Bertz CT molecular complexity index is 376. The Labute approximate surface area is 98.1 Å². The average molecular weight is 245 g/mol. The number of nitrogens with one attached hydrogen (secondary N) is 2. The summed E-state index contributed by atoms with van der Waals surface area (Å²) in [5.74, 6) is 0.560. The minimum absolute atomic E-state index is 0.128. The number of hydrogen-bond acceptors (Lipinski definition) is 3. The van der Waals surface area contributed by atoms with E-state index in [4.69, 9.17) is 16.0 Å². The first-order chi connectivity index (χ1) is 7.63. The molecule has 0 atom stereocenters. The molecular formula is C10H13ClN2O3. The lowest BCUT2D eigenvalue weighted by Gasteiger charge is -2.03. The van der Waals surface area contributed by atoms with Crippen LogP contribution >= 0.6 is 11.6 Å². The van der Waals surface area contributed by atoms with Gasteiger partial charge in [0.05, 0.1) is 5.88 Å². The summed E-state index contributed by atoms with van der Waals surface area (Å²) in [4.78, 5) is 22.0. The van der Waals surface area contributed by atoms with E-state index in [1.165, 1.54) is 6.92 Å². The van der Waals surface area contributed by atoms with Gasteiger partial charge in [-0.3, -0.25) is 9.59 Å². The Kier molecular flexibility index (Phi) is 4.85. The van der Waals surface area contributed by atoms with Crippen LogP contribution in [0.2, 0.25) is 0 Å². The standard InChI is InChI=1S/C10H13ClN2O3/c1-7(14)12-4-5-13-10(15)9-3-2-8(6-11)16-9/h2-3H,4-6H2,1H3,(H,12,14)(H,13,15). The molecule has 0 aliphatic rings. The lowest BCUT2D eigenvalue weighted by molar-refractivity contribution is -0.118. The SMILES string of the molecule is CC(=O)NCCNC(=O)c1ccc(CCl)o1. The Morgan fingerprint density at radius 3 is 2.56 bits per heavy atom. The summed E-state index contributed by atoms with van der Waals surface area (Å²) < 4.78 is 5.14. The maximum absolute atomic E-state index is 11.5. The molecule has 0 saturated heterocycles. The topological polar surface area (TPSA) is 71.3 Å². The molecule has 88 valence electrons. The van der Waals surface area contributed by atoms with Crippen LogP contribution in [0.25, 0.3) is 0 Å². The molecule has 0 spiro atoms. The monoisotopic (exact) mass is 244 g/mol. The van der Waals surface area contributed by atoms with E-state index in [1.807, 2.05) is 0 Å². The summed E-state index contributed by atoms with van der Waals surface area (Å²) in [6.45, 7) is 2.17. The van der Waals surface area contributed by atoms with Crippen molar-refractivity contribution < 1.29 is 14.0 Å². The fourth-order valence-electron chi connectivity index (χ4n) is 1.07. The number of carbonyl (C=O) groups is 2. The lowest BCUT2D eigenvalue weighted by atomic mass is 10.4. The number of alkyl halides is 1. The van der Waals surface area contributed by atoms with Gasteiger partial charge in [-0.15, -0.1) is 11.6 Å². The third kappa shape index (κ3) is 3.94. The van der Waals surface area contributed by atoms with Crippen LogP contribution in [0.3, 0.4) is 0 Å². The molecule has 0 unspecified atom stereocenters. The molecule has 1 heterocycles. The number of amides is 2. The molecule has 6 heteroatoms. The third-order valence-corrected chi connectivity index (χ3v) is 2.07. The molecule has 0 fully saturated rings. The van der Waals surface area contributed by atoms with Gasteiger partial charge in [-0.2, -0.15) is 0 Å². The highest BCUT2D eigenvalue weighted by molar-refractivity contribution is 6.16. The molecule has 2 amide bonds. The Hall–Kier alpha value is -1.49. The van der Waals surface area contributed by atoms with Gasteiger partial charge in [0, 0.05) is 20.0 Å². The van der Waals surface area contributed by atoms with Crippen molar-refractivity contribution in [2.75, 3.05) is 13.1 Å². The van der Waals surface area contributed by atoms with Crippen molar-refractivity contribution in [3.05, 3.63) is 23.7 Å². The molecule has 16 heavy (non-hydrogen) atoms. The number of hydrogen-bond donors (Lipinski definition) is 2. The van der Waals surface area contributed by atoms with E-state index in [0.717, 1.165) is 0 Å². The van der Waals surface area contributed by atoms with Crippen LogP contribution in [0.4, 0.5) is 0 Å². The summed E-state index contributed by atoms with van der Waals surface area (Å²) >= 11 is 5.53. The van der Waals surface area contributed by atoms with Gasteiger partial charge in [0.15, 0.2) is 5.76 Å². The second-order valence-corrected chi connectivity index (χ2v) is 3.41. The van der Waals surface area contributed by atoms with Gasteiger partial charge < -0.3 is 15.1 Å². The largest absolute Gasteiger partial charge is 0.455 e. The van der Waals surface area contributed by atoms with E-state index in [1.54, 1.807) is 12.1 Å². The summed E-state index contributed by atoms with van der Waals surface area (Å²) in [6, 6.07) is 3.21. The maximum atomic E-state index is 11.5. The molecule has 0 radical (unpaired) electrons. The van der Waals surface area contributed by atoms with Crippen LogP contribution in [0, 0.1) is 0 Å². The maximum Gasteiger partial charge on any atom is 0.287 e. The van der Waals surface area contributed by atoms with Gasteiger partial charge in [0.1, 0.15) is 5.76 Å². The molecule has 0 aliphatic heterocycles. The molecule has 0 aliphatic carbocycles. The number of halogens is 1. The van der Waals surface area contributed by atoms with Crippen LogP contribution in [0.15, 0.2) is 16.5 Å². The average Bonchev–Trinajstić information content (AvgIpc) is 2.72. The van der Waals surface area contributed by atoms with Crippen LogP contribution in [0.5, 0.6) is 0 Å². The summed E-state index contributed by atoms with van der Waals surface area (Å²) in [5.41, 5.74) is 0. The molecule has 0 bridgehead atoms. The summed E-state index contributed by atoms with van der Waals surface area (Å²) in [7, 11) is 0. The van der Waals surface area contributed by atoms with Gasteiger partial charge in [0.2, 0.25) is 5.91 Å². The van der Waals surface area contributed by atoms with Crippen LogP contribution in [0.1, 0.15) is 23.2 Å². The molecule has 1 rings (SSSR count). The predicted octanol–water partition coefficient (Wildman–Crippen LogP) is 0.884. The van der Waals surface area contributed by atoms with Crippen molar-refractivity contribution in [2.24, 2.45) is 0 Å². The number of rotatable bonds is 5. The van der Waals surface area contributed by atoms with E-state index in [0.29, 0.717) is 18.8 Å². The second kappa shape index (κ2) is 6.17. The smallest absolute Gasteiger partial charge is 0.287 e. The quantitative estimate of drug-likeness (QED) is 0.597. The van der Waals surface area contributed by atoms with Crippen LogP contribution < -0.4 is 10.6 Å². The van der Waals surface area contributed by atoms with Gasteiger partial charge in [-0.25, -0.2) is 0 Å². The van der Waals surface area contributed by atoms with E-state index >= 15 is 0 Å². The Morgan fingerprint density at radius 1 is 1.31 bits per heavy atom. The minimum atomic E-state index is -0.318. The predicted molar refractivity (Wildman–Crippen MR) is 59.3 cm³/mol. The van der Waals surface area contributed by atoms with Crippen molar-refractivity contribution in [1.82, 2.24) is 10.6 Å².